The number of para-hydroxylation sites is 1. The molecule has 0 spiro atoms. The number of carbonyl (C=O) groups is 2. The smallest absolute Gasteiger partial charge is 0.373 e. The first-order chi connectivity index (χ1) is 12.8. The third kappa shape index (κ3) is 3.66. The highest BCUT2D eigenvalue weighted by molar-refractivity contribution is 7.91. The third-order valence-corrected chi connectivity index (χ3v) is 5.91. The number of aryl methyl sites for hydroxylation is 1. The van der Waals surface area contributed by atoms with E-state index in [-0.39, 0.29) is 17.1 Å². The molecule has 8 heteroatoms. The molecule has 2 aromatic rings. The summed E-state index contributed by atoms with van der Waals surface area (Å²) in [6.07, 6.45) is 0. The largest absolute Gasteiger partial charge is 0.462 e. The van der Waals surface area contributed by atoms with Gasteiger partial charge in [-0.3, -0.25) is 0 Å². The SMILES string of the molecule is CCOC(=O)C1(CS(=O)(=O)c2ccc(C)cc2)Nc2ccccc2C(=O)O1. The average Bonchev–Trinajstić information content (AvgIpc) is 2.62. The van der Waals surface area contributed by atoms with Crippen LogP contribution < -0.4 is 5.32 Å². The molecular formula is C19H19NO6S. The van der Waals surface area contributed by atoms with Crippen molar-refractivity contribution in [3.05, 3.63) is 59.7 Å². The molecule has 0 amide bonds. The van der Waals surface area contributed by atoms with E-state index in [0.717, 1.165) is 5.56 Å². The number of rotatable bonds is 5. The van der Waals surface area contributed by atoms with Gasteiger partial charge in [0.15, 0.2) is 9.84 Å². The van der Waals surface area contributed by atoms with Crippen LogP contribution in [0.25, 0.3) is 0 Å². The van der Waals surface area contributed by atoms with Gasteiger partial charge < -0.3 is 14.8 Å². The zero-order valence-electron chi connectivity index (χ0n) is 14.9. The van der Waals surface area contributed by atoms with Gasteiger partial charge in [0.2, 0.25) is 0 Å². The van der Waals surface area contributed by atoms with Crippen molar-refractivity contribution in [3.8, 4) is 0 Å². The number of esters is 2. The van der Waals surface area contributed by atoms with Gasteiger partial charge in [0, 0.05) is 0 Å². The van der Waals surface area contributed by atoms with Gasteiger partial charge in [-0.1, -0.05) is 29.8 Å². The molecular weight excluding hydrogens is 370 g/mol. The normalized spacial score (nSPS) is 18.8. The standard InChI is InChI=1S/C19H19NO6S/c1-3-25-18(22)19(12-27(23,24)14-10-8-13(2)9-11-14)20-16-7-5-4-6-15(16)17(21)26-19/h4-11,20H,3,12H2,1-2H3. The number of hydrogen-bond acceptors (Lipinski definition) is 7. The highest BCUT2D eigenvalue weighted by atomic mass is 32.2. The zero-order valence-corrected chi connectivity index (χ0v) is 15.7. The molecule has 0 aromatic heterocycles. The zero-order chi connectivity index (χ0) is 19.7. The molecule has 1 heterocycles. The van der Waals surface area contributed by atoms with E-state index in [2.05, 4.69) is 5.32 Å². The first kappa shape index (κ1) is 18.9. The Morgan fingerprint density at radius 2 is 1.81 bits per heavy atom. The van der Waals surface area contributed by atoms with Gasteiger partial charge in [-0.25, -0.2) is 18.0 Å². The predicted octanol–water partition coefficient (Wildman–Crippen LogP) is 2.31. The minimum absolute atomic E-state index is 0.00599. The predicted molar refractivity (Wildman–Crippen MR) is 98.1 cm³/mol. The fourth-order valence-corrected chi connectivity index (χ4v) is 4.29. The van der Waals surface area contributed by atoms with Crippen LogP contribution in [0.4, 0.5) is 5.69 Å². The van der Waals surface area contributed by atoms with Crippen molar-refractivity contribution in [2.45, 2.75) is 24.5 Å². The second-order valence-corrected chi connectivity index (χ2v) is 8.17. The van der Waals surface area contributed by atoms with Crippen LogP contribution in [-0.4, -0.2) is 38.4 Å². The number of fused-ring (bicyclic) bond motifs is 1. The van der Waals surface area contributed by atoms with Crippen LogP contribution >= 0.6 is 0 Å². The summed E-state index contributed by atoms with van der Waals surface area (Å²) in [6, 6.07) is 12.6. The topological polar surface area (TPSA) is 98.8 Å². The minimum atomic E-state index is -3.96. The number of ether oxygens (including phenoxy) is 2. The molecule has 1 unspecified atom stereocenters. The summed E-state index contributed by atoms with van der Waals surface area (Å²) in [4.78, 5) is 25.0. The molecule has 1 aliphatic heterocycles. The van der Waals surface area contributed by atoms with Crippen molar-refractivity contribution in [3.63, 3.8) is 0 Å². The average molecular weight is 389 g/mol. The fraction of sp³-hybridized carbons (Fsp3) is 0.263. The molecule has 3 rings (SSSR count). The van der Waals surface area contributed by atoms with Crippen molar-refractivity contribution in [2.24, 2.45) is 0 Å². The van der Waals surface area contributed by atoms with Gasteiger partial charge in [0.1, 0.15) is 5.75 Å². The Bertz CT molecular complexity index is 984. The van der Waals surface area contributed by atoms with Gasteiger partial charge >= 0.3 is 11.9 Å². The van der Waals surface area contributed by atoms with Crippen molar-refractivity contribution >= 4 is 27.5 Å². The number of benzene rings is 2. The van der Waals surface area contributed by atoms with Crippen molar-refractivity contribution in [1.82, 2.24) is 0 Å². The summed E-state index contributed by atoms with van der Waals surface area (Å²) < 4.78 is 36.1. The van der Waals surface area contributed by atoms with Gasteiger partial charge in [-0.05, 0) is 38.1 Å². The van der Waals surface area contributed by atoms with E-state index in [0.29, 0.717) is 5.69 Å². The Morgan fingerprint density at radius 3 is 2.48 bits per heavy atom. The maximum Gasteiger partial charge on any atom is 0.373 e. The van der Waals surface area contributed by atoms with Gasteiger partial charge in [0.05, 0.1) is 22.8 Å². The van der Waals surface area contributed by atoms with E-state index in [4.69, 9.17) is 9.47 Å². The number of cyclic esters (lactones) is 1. The number of sulfone groups is 1. The molecule has 27 heavy (non-hydrogen) atoms. The van der Waals surface area contributed by atoms with Crippen LogP contribution in [0.5, 0.6) is 0 Å². The number of anilines is 1. The molecule has 0 saturated heterocycles. The fourth-order valence-electron chi connectivity index (χ4n) is 2.79. The number of carbonyl (C=O) groups excluding carboxylic acids is 2. The lowest BCUT2D eigenvalue weighted by atomic mass is 10.1. The van der Waals surface area contributed by atoms with E-state index in [1.54, 1.807) is 37.3 Å². The lowest BCUT2D eigenvalue weighted by Crippen LogP contribution is -2.58. The Morgan fingerprint density at radius 1 is 1.15 bits per heavy atom. The molecule has 1 aliphatic rings. The van der Waals surface area contributed by atoms with E-state index >= 15 is 0 Å². The monoisotopic (exact) mass is 389 g/mol. The molecule has 0 saturated carbocycles. The van der Waals surface area contributed by atoms with Crippen LogP contribution in [0, 0.1) is 6.92 Å². The van der Waals surface area contributed by atoms with Gasteiger partial charge in [-0.2, -0.15) is 0 Å². The molecule has 0 fully saturated rings. The van der Waals surface area contributed by atoms with E-state index in [1.165, 1.54) is 18.2 Å². The molecule has 0 radical (unpaired) electrons. The van der Waals surface area contributed by atoms with Gasteiger partial charge in [0.25, 0.3) is 5.72 Å². The molecule has 2 aromatic carbocycles. The second-order valence-electron chi connectivity index (χ2n) is 6.18. The first-order valence-corrected chi connectivity index (χ1v) is 10.00. The summed E-state index contributed by atoms with van der Waals surface area (Å²) in [5.41, 5.74) is -0.748. The van der Waals surface area contributed by atoms with Crippen LogP contribution in [-0.2, 0) is 24.1 Å². The maximum absolute atomic E-state index is 12.9. The highest BCUT2D eigenvalue weighted by Crippen LogP contribution is 2.32. The molecule has 0 bridgehead atoms. The Kier molecular flexibility index (Phi) is 4.93. The molecule has 7 nitrogen and oxygen atoms in total. The van der Waals surface area contributed by atoms with Crippen LogP contribution in [0.3, 0.4) is 0 Å². The minimum Gasteiger partial charge on any atom is -0.462 e. The van der Waals surface area contributed by atoms with Crippen LogP contribution in [0.1, 0.15) is 22.8 Å². The summed E-state index contributed by atoms with van der Waals surface area (Å²) in [5.74, 6) is -2.55. The number of nitrogens with one attached hydrogen (secondary N) is 1. The Hall–Kier alpha value is -2.87. The quantitative estimate of drug-likeness (QED) is 0.784. The van der Waals surface area contributed by atoms with E-state index in [9.17, 15) is 18.0 Å². The summed E-state index contributed by atoms with van der Waals surface area (Å²) in [5, 5.41) is 2.77. The summed E-state index contributed by atoms with van der Waals surface area (Å²) in [7, 11) is -3.96. The third-order valence-electron chi connectivity index (χ3n) is 4.13. The molecule has 1 atom stereocenters. The van der Waals surface area contributed by atoms with Crippen LogP contribution in [0.15, 0.2) is 53.4 Å². The molecule has 142 valence electrons. The Labute approximate surface area is 157 Å². The van der Waals surface area contributed by atoms with E-state index < -0.39 is 33.3 Å². The van der Waals surface area contributed by atoms with Crippen molar-refractivity contribution in [1.29, 1.82) is 0 Å². The van der Waals surface area contributed by atoms with E-state index in [1.807, 2.05) is 6.92 Å². The second kappa shape index (κ2) is 7.03. The van der Waals surface area contributed by atoms with Crippen molar-refractivity contribution in [2.75, 3.05) is 17.7 Å². The number of hydrogen-bond donors (Lipinski definition) is 1. The molecule has 1 N–H and O–H groups in total. The van der Waals surface area contributed by atoms with Crippen molar-refractivity contribution < 1.29 is 27.5 Å². The first-order valence-electron chi connectivity index (χ1n) is 8.34. The van der Waals surface area contributed by atoms with Crippen LogP contribution in [0.2, 0.25) is 0 Å². The molecule has 0 aliphatic carbocycles. The summed E-state index contributed by atoms with van der Waals surface area (Å²) >= 11 is 0. The Balaban J connectivity index is 2.04. The van der Waals surface area contributed by atoms with Gasteiger partial charge in [-0.15, -0.1) is 0 Å². The highest BCUT2D eigenvalue weighted by Gasteiger charge is 2.51. The lowest BCUT2D eigenvalue weighted by molar-refractivity contribution is -0.161. The maximum atomic E-state index is 12.9. The lowest BCUT2D eigenvalue weighted by Gasteiger charge is -2.36. The summed E-state index contributed by atoms with van der Waals surface area (Å²) in [6.45, 7) is 3.42.